The van der Waals surface area contributed by atoms with Gasteiger partial charge in [-0.2, -0.15) is 0 Å². The highest BCUT2D eigenvalue weighted by Gasteiger charge is 2.17. The molecule has 72 valence electrons. The van der Waals surface area contributed by atoms with Gasteiger partial charge in [0.25, 0.3) is 6.43 Å². The van der Waals surface area contributed by atoms with E-state index in [-0.39, 0.29) is 5.56 Å². The maximum Gasteiger partial charge on any atom is 0.257 e. The summed E-state index contributed by atoms with van der Waals surface area (Å²) in [4.78, 5) is 0. The van der Waals surface area contributed by atoms with Gasteiger partial charge < -0.3 is 5.73 Å². The molecule has 0 saturated carbocycles. The largest absolute Gasteiger partial charge is 0.319 e. The second kappa shape index (κ2) is 3.79. The number of rotatable bonds is 2. The van der Waals surface area contributed by atoms with Crippen LogP contribution in [0.5, 0.6) is 0 Å². The van der Waals surface area contributed by atoms with Crippen molar-refractivity contribution in [2.45, 2.75) is 19.4 Å². The molecule has 0 bridgehead atoms. The van der Waals surface area contributed by atoms with Crippen LogP contribution < -0.4 is 5.73 Å². The quantitative estimate of drug-likeness (QED) is 0.759. The second-order valence-corrected chi connectivity index (χ2v) is 2.87. The average molecular weight is 189 g/mol. The van der Waals surface area contributed by atoms with Crippen LogP contribution in [0.25, 0.3) is 0 Å². The van der Waals surface area contributed by atoms with E-state index in [1.807, 2.05) is 0 Å². The van der Waals surface area contributed by atoms with Crippen LogP contribution in [0, 0.1) is 12.7 Å². The Morgan fingerprint density at radius 3 is 2.38 bits per heavy atom. The number of nitrogens with two attached hydrogens (primary N) is 1. The van der Waals surface area contributed by atoms with Gasteiger partial charge in [-0.1, -0.05) is 12.1 Å². The summed E-state index contributed by atoms with van der Waals surface area (Å²) in [5.74, 6) is -0.412. The summed E-state index contributed by atoms with van der Waals surface area (Å²) in [5, 5.41) is 0. The molecule has 0 fully saturated rings. The molecule has 1 atom stereocenters. The summed E-state index contributed by atoms with van der Waals surface area (Å²) in [6.45, 7) is 1.51. The summed E-state index contributed by atoms with van der Waals surface area (Å²) in [6, 6.07) is 2.43. The Morgan fingerprint density at radius 1 is 1.31 bits per heavy atom. The van der Waals surface area contributed by atoms with Crippen LogP contribution in [0.2, 0.25) is 0 Å². The van der Waals surface area contributed by atoms with E-state index in [0.717, 1.165) is 6.07 Å². The van der Waals surface area contributed by atoms with Crippen LogP contribution >= 0.6 is 0 Å². The summed E-state index contributed by atoms with van der Waals surface area (Å²) in [7, 11) is 0. The fourth-order valence-corrected chi connectivity index (χ4v) is 1.02. The van der Waals surface area contributed by atoms with Gasteiger partial charge in [-0.3, -0.25) is 0 Å². The van der Waals surface area contributed by atoms with Crippen LogP contribution in [-0.2, 0) is 0 Å². The number of hydrogen-bond donors (Lipinski definition) is 1. The summed E-state index contributed by atoms with van der Waals surface area (Å²) in [6.07, 6.45) is -2.62. The van der Waals surface area contributed by atoms with Crippen LogP contribution in [0.4, 0.5) is 13.2 Å². The van der Waals surface area contributed by atoms with Gasteiger partial charge in [-0.05, 0) is 24.1 Å². The molecule has 13 heavy (non-hydrogen) atoms. The third-order valence-electron chi connectivity index (χ3n) is 1.84. The van der Waals surface area contributed by atoms with Crippen LogP contribution in [-0.4, -0.2) is 6.43 Å². The van der Waals surface area contributed by atoms with E-state index < -0.39 is 18.3 Å². The van der Waals surface area contributed by atoms with E-state index in [4.69, 9.17) is 5.73 Å². The Kier molecular flexibility index (Phi) is 2.93. The molecule has 0 heterocycles. The van der Waals surface area contributed by atoms with E-state index >= 15 is 0 Å². The standard InChI is InChI=1S/C9H10F3N/c1-5-4-6(2-3-7(5)10)8(13)9(11)12/h2-4,8-9H,13H2,1H3/t8-/m1/s1. The summed E-state index contributed by atoms with van der Waals surface area (Å²) in [5.41, 5.74) is 5.77. The van der Waals surface area contributed by atoms with Gasteiger partial charge in [0.2, 0.25) is 0 Å². The lowest BCUT2D eigenvalue weighted by atomic mass is 10.1. The molecule has 0 radical (unpaired) electrons. The van der Waals surface area contributed by atoms with E-state index in [1.165, 1.54) is 19.1 Å². The van der Waals surface area contributed by atoms with Crippen molar-refractivity contribution in [1.29, 1.82) is 0 Å². The Labute approximate surface area is 74.4 Å². The minimum absolute atomic E-state index is 0.258. The minimum Gasteiger partial charge on any atom is -0.319 e. The average Bonchev–Trinajstić information content (AvgIpc) is 2.08. The number of aryl methyl sites for hydroxylation is 1. The highest BCUT2D eigenvalue weighted by molar-refractivity contribution is 5.26. The van der Waals surface area contributed by atoms with E-state index in [2.05, 4.69) is 0 Å². The number of halogens is 3. The third-order valence-corrected chi connectivity index (χ3v) is 1.84. The van der Waals surface area contributed by atoms with E-state index in [1.54, 1.807) is 0 Å². The van der Waals surface area contributed by atoms with E-state index in [0.29, 0.717) is 5.56 Å². The highest BCUT2D eigenvalue weighted by atomic mass is 19.3. The molecule has 1 nitrogen and oxygen atoms in total. The zero-order valence-corrected chi connectivity index (χ0v) is 7.10. The van der Waals surface area contributed by atoms with Gasteiger partial charge in [0.15, 0.2) is 0 Å². The molecule has 0 aliphatic carbocycles. The molecule has 0 unspecified atom stereocenters. The number of alkyl halides is 2. The molecule has 0 spiro atoms. The zero-order valence-electron chi connectivity index (χ0n) is 7.10. The van der Waals surface area contributed by atoms with Crippen LogP contribution in [0.1, 0.15) is 17.2 Å². The van der Waals surface area contributed by atoms with Gasteiger partial charge in [0.05, 0.1) is 6.04 Å². The van der Waals surface area contributed by atoms with Crippen LogP contribution in [0.15, 0.2) is 18.2 Å². The first-order chi connectivity index (χ1) is 6.02. The zero-order chi connectivity index (χ0) is 10.0. The van der Waals surface area contributed by atoms with Gasteiger partial charge in [0, 0.05) is 0 Å². The molecule has 0 amide bonds. The lowest BCUT2D eigenvalue weighted by molar-refractivity contribution is 0.116. The molecular formula is C9H10F3N. The Bertz CT molecular complexity index is 299. The van der Waals surface area contributed by atoms with Crippen molar-refractivity contribution in [3.8, 4) is 0 Å². The highest BCUT2D eigenvalue weighted by Crippen LogP contribution is 2.19. The fraction of sp³-hybridized carbons (Fsp3) is 0.333. The lowest BCUT2D eigenvalue weighted by Gasteiger charge is -2.11. The van der Waals surface area contributed by atoms with Gasteiger partial charge in [-0.25, -0.2) is 13.2 Å². The Morgan fingerprint density at radius 2 is 1.92 bits per heavy atom. The molecular weight excluding hydrogens is 179 g/mol. The van der Waals surface area contributed by atoms with Crippen molar-refractivity contribution < 1.29 is 13.2 Å². The normalized spacial score (nSPS) is 13.4. The van der Waals surface area contributed by atoms with Crippen molar-refractivity contribution in [3.63, 3.8) is 0 Å². The molecule has 2 N–H and O–H groups in total. The maximum atomic E-state index is 12.7. The first-order valence-corrected chi connectivity index (χ1v) is 3.82. The Hall–Kier alpha value is -1.03. The predicted octanol–water partition coefficient (Wildman–Crippen LogP) is 2.40. The summed E-state index contributed by atoms with van der Waals surface area (Å²) < 4.78 is 37.0. The first-order valence-electron chi connectivity index (χ1n) is 3.82. The topological polar surface area (TPSA) is 26.0 Å². The SMILES string of the molecule is Cc1cc([C@@H](N)C(F)F)ccc1F. The number of hydrogen-bond acceptors (Lipinski definition) is 1. The molecule has 0 saturated heterocycles. The lowest BCUT2D eigenvalue weighted by Crippen LogP contribution is -2.19. The molecule has 1 aromatic carbocycles. The van der Waals surface area contributed by atoms with Crippen molar-refractivity contribution in [1.82, 2.24) is 0 Å². The second-order valence-electron chi connectivity index (χ2n) is 2.87. The molecule has 0 aliphatic heterocycles. The summed E-state index contributed by atoms with van der Waals surface area (Å²) >= 11 is 0. The van der Waals surface area contributed by atoms with Crippen molar-refractivity contribution in [2.24, 2.45) is 5.73 Å². The predicted molar refractivity (Wildman–Crippen MR) is 44.1 cm³/mol. The van der Waals surface area contributed by atoms with Crippen LogP contribution in [0.3, 0.4) is 0 Å². The fourth-order valence-electron chi connectivity index (χ4n) is 1.02. The van der Waals surface area contributed by atoms with Gasteiger partial charge in [0.1, 0.15) is 5.82 Å². The first kappa shape index (κ1) is 10.1. The van der Waals surface area contributed by atoms with E-state index in [9.17, 15) is 13.2 Å². The molecule has 0 aromatic heterocycles. The Balaban J connectivity index is 2.97. The van der Waals surface area contributed by atoms with Gasteiger partial charge >= 0.3 is 0 Å². The van der Waals surface area contributed by atoms with Gasteiger partial charge in [-0.15, -0.1) is 0 Å². The molecule has 1 aromatic rings. The minimum atomic E-state index is -2.62. The maximum absolute atomic E-state index is 12.7. The smallest absolute Gasteiger partial charge is 0.257 e. The van der Waals surface area contributed by atoms with Crippen molar-refractivity contribution in [3.05, 3.63) is 35.1 Å². The third kappa shape index (κ3) is 2.21. The molecule has 0 aliphatic rings. The molecule has 1 rings (SSSR count). The van der Waals surface area contributed by atoms with Crippen molar-refractivity contribution >= 4 is 0 Å². The number of benzene rings is 1. The molecule has 4 heteroatoms. The monoisotopic (exact) mass is 189 g/mol. The van der Waals surface area contributed by atoms with Crippen molar-refractivity contribution in [2.75, 3.05) is 0 Å².